The van der Waals surface area contributed by atoms with Crippen LogP contribution in [0, 0.1) is 0 Å². The largest absolute Gasteiger partial charge is 0.343 e. The van der Waals surface area contributed by atoms with Crippen LogP contribution in [0.5, 0.6) is 0 Å². The van der Waals surface area contributed by atoms with Crippen LogP contribution in [0.3, 0.4) is 0 Å². The van der Waals surface area contributed by atoms with Crippen molar-refractivity contribution in [3.05, 3.63) is 0 Å². The number of hydrogen-bond donors (Lipinski definition) is 0. The van der Waals surface area contributed by atoms with E-state index in [0.29, 0.717) is 0 Å². The van der Waals surface area contributed by atoms with Crippen molar-refractivity contribution >= 4 is 23.4 Å². The minimum absolute atomic E-state index is 0.836. The predicted octanol–water partition coefficient (Wildman–Crippen LogP) is 1.03. The van der Waals surface area contributed by atoms with E-state index in [1.807, 2.05) is 6.92 Å². The smallest absolute Gasteiger partial charge is 0.219 e. The summed E-state index contributed by atoms with van der Waals surface area (Å²) < 4.78 is 3.70. The molecule has 0 N–H and O–H groups in total. The molecule has 4 heteroatoms. The van der Waals surface area contributed by atoms with Gasteiger partial charge in [0, 0.05) is 11.9 Å². The second-order valence-electron chi connectivity index (χ2n) is 1.02. The quantitative estimate of drug-likeness (QED) is 0.443. The van der Waals surface area contributed by atoms with Crippen LogP contribution < -0.4 is 0 Å². The first-order chi connectivity index (χ1) is 3.39. The van der Waals surface area contributed by atoms with Crippen LogP contribution in [-0.2, 0) is 4.84 Å². The molecular weight excluding hydrogens is 112 g/mol. The second-order valence-corrected chi connectivity index (χ2v) is 2.00. The van der Waals surface area contributed by atoms with Gasteiger partial charge >= 0.3 is 0 Å². The van der Waals surface area contributed by atoms with E-state index >= 15 is 0 Å². The van der Waals surface area contributed by atoms with Crippen molar-refractivity contribution in [3.8, 4) is 0 Å². The Morgan fingerprint density at radius 3 is 3.00 bits per heavy atom. The van der Waals surface area contributed by atoms with Crippen molar-refractivity contribution in [1.82, 2.24) is 0 Å². The Labute approximate surface area is 45.6 Å². The summed E-state index contributed by atoms with van der Waals surface area (Å²) in [6, 6.07) is 0. The standard InChI is InChI=1S/C3H4N2OS/c1-3-5-6-2-4-7-3/h2H,1H3. The fraction of sp³-hybridized carbons (Fsp3) is 0.333. The molecule has 0 unspecified atom stereocenters. The molecule has 0 spiro atoms. The normalized spacial score (nSPS) is 18.1. The highest BCUT2D eigenvalue weighted by Crippen LogP contribution is 2.07. The summed E-state index contributed by atoms with van der Waals surface area (Å²) in [5.41, 5.74) is 0. The molecule has 0 aromatic carbocycles. The summed E-state index contributed by atoms with van der Waals surface area (Å²) in [4.78, 5) is 4.46. The molecule has 1 aliphatic rings. The minimum atomic E-state index is 0.836. The van der Waals surface area contributed by atoms with Crippen molar-refractivity contribution in [2.75, 3.05) is 0 Å². The van der Waals surface area contributed by atoms with Crippen molar-refractivity contribution in [1.29, 1.82) is 0 Å². The third-order valence-electron chi connectivity index (χ3n) is 0.456. The Balaban J connectivity index is 2.50. The highest BCUT2D eigenvalue weighted by molar-refractivity contribution is 8.12. The molecule has 0 atom stereocenters. The molecular formula is C3H4N2OS. The number of hydrogen-bond acceptors (Lipinski definition) is 4. The zero-order chi connectivity index (χ0) is 5.11. The van der Waals surface area contributed by atoms with Crippen molar-refractivity contribution in [2.45, 2.75) is 6.92 Å². The number of oxime groups is 1. The van der Waals surface area contributed by atoms with Crippen molar-refractivity contribution in [3.63, 3.8) is 0 Å². The molecule has 0 amide bonds. The highest BCUT2D eigenvalue weighted by atomic mass is 32.2. The molecule has 0 aromatic heterocycles. The van der Waals surface area contributed by atoms with Crippen LogP contribution in [0.25, 0.3) is 0 Å². The average Bonchev–Trinajstić information content (AvgIpc) is 1.69. The fourth-order valence-electron chi connectivity index (χ4n) is 0.231. The fourth-order valence-corrected chi connectivity index (χ4v) is 0.542. The summed E-state index contributed by atoms with van der Waals surface area (Å²) in [6.45, 7) is 1.83. The minimum Gasteiger partial charge on any atom is -0.343 e. The molecule has 38 valence electrons. The molecule has 0 aromatic rings. The van der Waals surface area contributed by atoms with Crippen LogP contribution in [0.15, 0.2) is 9.55 Å². The van der Waals surface area contributed by atoms with E-state index in [-0.39, 0.29) is 0 Å². The van der Waals surface area contributed by atoms with Crippen LogP contribution in [-0.4, -0.2) is 11.4 Å². The SMILES string of the molecule is CC1=NOC=NS1. The number of nitrogens with zero attached hydrogens (tertiary/aromatic N) is 2. The van der Waals surface area contributed by atoms with Gasteiger partial charge in [0.1, 0.15) is 5.04 Å². The van der Waals surface area contributed by atoms with E-state index in [2.05, 4.69) is 14.4 Å². The summed E-state index contributed by atoms with van der Waals surface area (Å²) in [6.07, 6.45) is 1.30. The van der Waals surface area contributed by atoms with Crippen molar-refractivity contribution in [2.24, 2.45) is 9.55 Å². The predicted molar refractivity (Wildman–Crippen MR) is 30.3 cm³/mol. The zero-order valence-electron chi connectivity index (χ0n) is 3.79. The first kappa shape index (κ1) is 4.64. The van der Waals surface area contributed by atoms with Crippen molar-refractivity contribution < 1.29 is 4.84 Å². The van der Waals surface area contributed by atoms with E-state index < -0.39 is 0 Å². The highest BCUT2D eigenvalue weighted by Gasteiger charge is 1.92. The lowest BCUT2D eigenvalue weighted by molar-refractivity contribution is 0.346. The Kier molecular flexibility index (Phi) is 1.31. The lowest BCUT2D eigenvalue weighted by atomic mass is 10.9. The molecule has 1 rings (SSSR count). The lowest BCUT2D eigenvalue weighted by Gasteiger charge is -1.95. The summed E-state index contributed by atoms with van der Waals surface area (Å²) in [5, 5.41) is 4.40. The van der Waals surface area contributed by atoms with Gasteiger partial charge in [-0.15, -0.1) is 0 Å². The van der Waals surface area contributed by atoms with Gasteiger partial charge in [-0.1, -0.05) is 5.16 Å². The van der Waals surface area contributed by atoms with Gasteiger partial charge in [-0.2, -0.15) is 4.40 Å². The molecule has 7 heavy (non-hydrogen) atoms. The molecule has 0 radical (unpaired) electrons. The molecule has 3 nitrogen and oxygen atoms in total. The first-order valence-electron chi connectivity index (χ1n) is 1.79. The van der Waals surface area contributed by atoms with Crippen LogP contribution in [0.2, 0.25) is 0 Å². The Morgan fingerprint density at radius 1 is 1.86 bits per heavy atom. The summed E-state index contributed by atoms with van der Waals surface area (Å²) >= 11 is 1.31. The van der Waals surface area contributed by atoms with Crippen LogP contribution >= 0.6 is 11.9 Å². The monoisotopic (exact) mass is 116 g/mol. The van der Waals surface area contributed by atoms with E-state index in [4.69, 9.17) is 0 Å². The van der Waals surface area contributed by atoms with Crippen LogP contribution in [0.4, 0.5) is 0 Å². The van der Waals surface area contributed by atoms with Gasteiger partial charge in [-0.25, -0.2) is 0 Å². The maximum Gasteiger partial charge on any atom is 0.219 e. The average molecular weight is 116 g/mol. The third kappa shape index (κ3) is 1.19. The number of rotatable bonds is 0. The molecule has 0 saturated heterocycles. The van der Waals surface area contributed by atoms with Crippen LogP contribution in [0.1, 0.15) is 6.92 Å². The summed E-state index contributed by atoms with van der Waals surface area (Å²) in [7, 11) is 0. The van der Waals surface area contributed by atoms with Gasteiger partial charge in [-0.05, 0) is 6.92 Å². The first-order valence-corrected chi connectivity index (χ1v) is 2.56. The Morgan fingerprint density at radius 2 is 2.71 bits per heavy atom. The van der Waals surface area contributed by atoms with Gasteiger partial charge in [0.05, 0.1) is 0 Å². The van der Waals surface area contributed by atoms with Gasteiger partial charge in [-0.3, -0.25) is 0 Å². The maximum absolute atomic E-state index is 4.46. The van der Waals surface area contributed by atoms with E-state index in [1.165, 1.54) is 18.3 Å². The Hall–Kier alpha value is -0.510. The van der Waals surface area contributed by atoms with E-state index in [9.17, 15) is 0 Å². The van der Waals surface area contributed by atoms with Gasteiger partial charge < -0.3 is 4.84 Å². The molecule has 0 bridgehead atoms. The lowest BCUT2D eigenvalue weighted by Crippen LogP contribution is -1.89. The van der Waals surface area contributed by atoms with Gasteiger partial charge in [0.15, 0.2) is 0 Å². The molecule has 1 heterocycles. The molecule has 0 saturated carbocycles. The topological polar surface area (TPSA) is 34.0 Å². The molecule has 0 aliphatic carbocycles. The molecule has 0 fully saturated rings. The van der Waals surface area contributed by atoms with Gasteiger partial charge in [0.2, 0.25) is 6.40 Å². The summed E-state index contributed by atoms with van der Waals surface area (Å²) in [5.74, 6) is 0. The maximum atomic E-state index is 4.46. The van der Waals surface area contributed by atoms with E-state index in [0.717, 1.165) is 5.04 Å². The zero-order valence-corrected chi connectivity index (χ0v) is 4.60. The molecule has 1 aliphatic heterocycles. The third-order valence-corrected chi connectivity index (χ3v) is 0.986. The van der Waals surface area contributed by atoms with E-state index in [1.54, 1.807) is 0 Å². The second kappa shape index (κ2) is 1.97. The Bertz CT molecular complexity index is 120. The van der Waals surface area contributed by atoms with Gasteiger partial charge in [0.25, 0.3) is 0 Å².